The average molecular weight is 313 g/mol. The summed E-state index contributed by atoms with van der Waals surface area (Å²) in [5, 5.41) is 0. The van der Waals surface area contributed by atoms with Crippen molar-refractivity contribution in [2.45, 2.75) is 55.7 Å². The summed E-state index contributed by atoms with van der Waals surface area (Å²) in [4.78, 5) is 0.302. The van der Waals surface area contributed by atoms with Crippen LogP contribution in [0.4, 0.5) is 0 Å². The lowest BCUT2D eigenvalue weighted by atomic mass is 10.0. The Morgan fingerprint density at radius 2 is 2.29 bits per heavy atom. The summed E-state index contributed by atoms with van der Waals surface area (Å²) in [6.07, 6.45) is 5.77. The minimum atomic E-state index is -3.51. The third kappa shape index (κ3) is 3.15. The van der Waals surface area contributed by atoms with E-state index in [0.717, 1.165) is 31.4 Å². The summed E-state index contributed by atoms with van der Waals surface area (Å²) in [7, 11) is -3.51. The number of nitrogens with two attached hydrogens (primary N) is 1. The monoisotopic (exact) mass is 313 g/mol. The average Bonchev–Trinajstić information content (AvgIpc) is 3.05. The Balaban J connectivity index is 1.75. The Kier molecular flexibility index (Phi) is 3.85. The maximum atomic E-state index is 12.4. The number of nitrogens with zero attached hydrogens (tertiary/aromatic N) is 1. The Bertz CT molecular complexity index is 613. The van der Waals surface area contributed by atoms with Crippen LogP contribution in [0.3, 0.4) is 0 Å². The minimum Gasteiger partial charge on any atom is -0.374 e. The smallest absolute Gasteiger partial charge is 0.242 e. The molecule has 21 heavy (non-hydrogen) atoms. The van der Waals surface area contributed by atoms with Crippen molar-refractivity contribution < 1.29 is 13.2 Å². The molecule has 118 valence electrons. The molecule has 0 bridgehead atoms. The van der Waals surface area contributed by atoms with E-state index >= 15 is 0 Å². The number of ether oxygens (including phenoxy) is 1. The van der Waals surface area contributed by atoms with Gasteiger partial charge in [0.25, 0.3) is 0 Å². The standard InChI is InChI=1S/C14H23N3O3S/c1-14(5-2-6-20-14)10-16-21(18,19)13-7-12(8-15)17(9-13)11-3-4-11/h7,9,11,16H,2-6,8,10,15H2,1H3. The highest BCUT2D eigenvalue weighted by Gasteiger charge is 2.32. The molecular formula is C14H23N3O3S. The van der Waals surface area contributed by atoms with Crippen LogP contribution in [-0.2, 0) is 21.3 Å². The first kappa shape index (κ1) is 15.0. The van der Waals surface area contributed by atoms with Crippen molar-refractivity contribution in [2.24, 2.45) is 5.73 Å². The van der Waals surface area contributed by atoms with Gasteiger partial charge in [0.15, 0.2) is 0 Å². The molecule has 3 N–H and O–H groups in total. The van der Waals surface area contributed by atoms with Gasteiger partial charge in [0.1, 0.15) is 0 Å². The number of hydrogen-bond donors (Lipinski definition) is 2. The van der Waals surface area contributed by atoms with E-state index in [4.69, 9.17) is 10.5 Å². The largest absolute Gasteiger partial charge is 0.374 e. The molecule has 1 aromatic heterocycles. The van der Waals surface area contributed by atoms with Crippen LogP contribution in [0, 0.1) is 0 Å². The molecule has 2 aliphatic rings. The summed E-state index contributed by atoms with van der Waals surface area (Å²) < 4.78 is 35.2. The van der Waals surface area contributed by atoms with Crippen LogP contribution in [0.15, 0.2) is 17.2 Å². The normalized spacial score (nSPS) is 26.4. The maximum Gasteiger partial charge on any atom is 0.242 e. The van der Waals surface area contributed by atoms with Gasteiger partial charge in [0.05, 0.1) is 10.5 Å². The minimum absolute atomic E-state index is 0.302. The van der Waals surface area contributed by atoms with Crippen LogP contribution in [-0.4, -0.2) is 31.7 Å². The third-order valence-electron chi connectivity index (χ3n) is 4.30. The second-order valence-corrected chi connectivity index (χ2v) is 8.00. The van der Waals surface area contributed by atoms with Crippen molar-refractivity contribution in [2.75, 3.05) is 13.2 Å². The van der Waals surface area contributed by atoms with Crippen molar-refractivity contribution in [1.82, 2.24) is 9.29 Å². The van der Waals surface area contributed by atoms with Crippen LogP contribution < -0.4 is 10.5 Å². The molecule has 2 heterocycles. The molecule has 7 heteroatoms. The highest BCUT2D eigenvalue weighted by molar-refractivity contribution is 7.89. The SMILES string of the molecule is CC1(CNS(=O)(=O)c2cc(CN)n(C3CC3)c2)CCCO1. The van der Waals surface area contributed by atoms with Gasteiger partial charge in [-0.05, 0) is 38.7 Å². The van der Waals surface area contributed by atoms with Gasteiger partial charge in [-0.3, -0.25) is 0 Å². The molecule has 1 aromatic rings. The molecule has 1 aliphatic carbocycles. The van der Waals surface area contributed by atoms with Crippen molar-refractivity contribution >= 4 is 10.0 Å². The van der Waals surface area contributed by atoms with Crippen LogP contribution in [0.2, 0.25) is 0 Å². The van der Waals surface area contributed by atoms with Gasteiger partial charge in [-0.2, -0.15) is 0 Å². The Hall–Kier alpha value is -0.890. The molecule has 1 atom stereocenters. The number of hydrogen-bond acceptors (Lipinski definition) is 4. The van der Waals surface area contributed by atoms with Gasteiger partial charge >= 0.3 is 0 Å². The van der Waals surface area contributed by atoms with E-state index in [9.17, 15) is 8.42 Å². The predicted octanol–water partition coefficient (Wildman–Crippen LogP) is 1.13. The summed E-state index contributed by atoms with van der Waals surface area (Å²) in [5.74, 6) is 0. The quantitative estimate of drug-likeness (QED) is 0.824. The van der Waals surface area contributed by atoms with Crippen LogP contribution in [0.1, 0.15) is 44.3 Å². The van der Waals surface area contributed by atoms with Gasteiger partial charge in [-0.1, -0.05) is 0 Å². The molecule has 0 spiro atoms. The fourth-order valence-corrected chi connectivity index (χ4v) is 4.01. The van der Waals surface area contributed by atoms with Crippen LogP contribution in [0.5, 0.6) is 0 Å². The fraction of sp³-hybridized carbons (Fsp3) is 0.714. The van der Waals surface area contributed by atoms with E-state index < -0.39 is 10.0 Å². The zero-order chi connectivity index (χ0) is 15.1. The zero-order valence-electron chi connectivity index (χ0n) is 12.3. The van der Waals surface area contributed by atoms with Crippen molar-refractivity contribution in [3.63, 3.8) is 0 Å². The Labute approximate surface area is 125 Å². The molecule has 2 fully saturated rings. The lowest BCUT2D eigenvalue weighted by Gasteiger charge is -2.23. The lowest BCUT2D eigenvalue weighted by molar-refractivity contribution is 0.0250. The van der Waals surface area contributed by atoms with Gasteiger partial charge in [0, 0.05) is 37.6 Å². The molecule has 1 aliphatic heterocycles. The molecule has 1 saturated heterocycles. The third-order valence-corrected chi connectivity index (χ3v) is 5.67. The number of rotatable bonds is 6. The molecule has 6 nitrogen and oxygen atoms in total. The van der Waals surface area contributed by atoms with E-state index in [1.807, 2.05) is 11.5 Å². The van der Waals surface area contributed by atoms with Crippen LogP contribution >= 0.6 is 0 Å². The van der Waals surface area contributed by atoms with Crippen molar-refractivity contribution in [3.05, 3.63) is 18.0 Å². The molecule has 0 radical (unpaired) electrons. The summed E-state index contributed by atoms with van der Waals surface area (Å²) in [6.45, 7) is 3.31. The maximum absolute atomic E-state index is 12.4. The topological polar surface area (TPSA) is 86.4 Å². The summed E-state index contributed by atoms with van der Waals surface area (Å²) in [5.41, 5.74) is 6.20. The van der Waals surface area contributed by atoms with Gasteiger partial charge in [0.2, 0.25) is 10.0 Å². The van der Waals surface area contributed by atoms with Crippen molar-refractivity contribution in [3.8, 4) is 0 Å². The molecule has 0 aromatic carbocycles. The summed E-state index contributed by atoms with van der Waals surface area (Å²) >= 11 is 0. The summed E-state index contributed by atoms with van der Waals surface area (Å²) in [6, 6.07) is 2.10. The van der Waals surface area contributed by atoms with Gasteiger partial charge in [-0.15, -0.1) is 0 Å². The molecule has 1 unspecified atom stereocenters. The number of nitrogens with one attached hydrogen (secondary N) is 1. The van der Waals surface area contributed by atoms with Crippen molar-refractivity contribution in [1.29, 1.82) is 0 Å². The molecular weight excluding hydrogens is 290 g/mol. The zero-order valence-corrected chi connectivity index (χ0v) is 13.2. The first-order chi connectivity index (χ1) is 9.93. The first-order valence-corrected chi connectivity index (χ1v) is 8.96. The Morgan fingerprint density at radius 1 is 1.52 bits per heavy atom. The lowest BCUT2D eigenvalue weighted by Crippen LogP contribution is -2.39. The molecule has 1 saturated carbocycles. The van der Waals surface area contributed by atoms with Gasteiger partial charge in [-0.25, -0.2) is 13.1 Å². The molecule has 0 amide bonds. The second-order valence-electron chi connectivity index (χ2n) is 6.24. The number of aromatic nitrogens is 1. The van der Waals surface area contributed by atoms with E-state index in [1.165, 1.54) is 0 Å². The van der Waals surface area contributed by atoms with E-state index in [-0.39, 0.29) is 5.60 Å². The highest BCUT2D eigenvalue weighted by atomic mass is 32.2. The van der Waals surface area contributed by atoms with Gasteiger partial charge < -0.3 is 15.0 Å². The van der Waals surface area contributed by atoms with E-state index in [0.29, 0.717) is 30.6 Å². The number of sulfonamides is 1. The second kappa shape index (κ2) is 5.39. The predicted molar refractivity (Wildman–Crippen MR) is 79.4 cm³/mol. The van der Waals surface area contributed by atoms with E-state index in [2.05, 4.69) is 4.72 Å². The fourth-order valence-electron chi connectivity index (χ4n) is 2.81. The highest BCUT2D eigenvalue weighted by Crippen LogP contribution is 2.37. The molecule has 3 rings (SSSR count). The first-order valence-electron chi connectivity index (χ1n) is 7.48. The van der Waals surface area contributed by atoms with Crippen LogP contribution in [0.25, 0.3) is 0 Å². The Morgan fingerprint density at radius 3 is 2.86 bits per heavy atom. The van der Waals surface area contributed by atoms with E-state index in [1.54, 1.807) is 12.3 Å².